The predicted molar refractivity (Wildman–Crippen MR) is 68.0 cm³/mol. The highest BCUT2D eigenvalue weighted by Crippen LogP contribution is 2.34. The summed E-state index contributed by atoms with van der Waals surface area (Å²) in [6.07, 6.45) is 5.09. The molecule has 15 heavy (non-hydrogen) atoms. The lowest BCUT2D eigenvalue weighted by Crippen LogP contribution is -2.45. The van der Waals surface area contributed by atoms with Crippen molar-refractivity contribution in [2.24, 2.45) is 0 Å². The summed E-state index contributed by atoms with van der Waals surface area (Å²) >= 11 is 3.55. The number of halogens is 1. The Balaban J connectivity index is 2.32. The molecular formula is C13H18BrN. The lowest BCUT2D eigenvalue weighted by Gasteiger charge is -2.38. The van der Waals surface area contributed by atoms with E-state index in [4.69, 9.17) is 0 Å². The SMILES string of the molecule is CCC1(c2cccc(Br)c2)CCCCN1. The van der Waals surface area contributed by atoms with E-state index in [-0.39, 0.29) is 5.54 Å². The van der Waals surface area contributed by atoms with Gasteiger partial charge in [-0.3, -0.25) is 0 Å². The molecule has 82 valence electrons. The van der Waals surface area contributed by atoms with Gasteiger partial charge in [0.2, 0.25) is 0 Å². The maximum atomic E-state index is 3.70. The molecule has 1 fully saturated rings. The summed E-state index contributed by atoms with van der Waals surface area (Å²) in [5, 5.41) is 3.70. The lowest BCUT2D eigenvalue weighted by atomic mass is 9.80. The van der Waals surface area contributed by atoms with E-state index in [1.165, 1.54) is 35.7 Å². The number of benzene rings is 1. The fourth-order valence-corrected chi connectivity index (χ4v) is 2.91. The van der Waals surface area contributed by atoms with Crippen LogP contribution in [0.4, 0.5) is 0 Å². The van der Waals surface area contributed by atoms with Crippen LogP contribution in [-0.4, -0.2) is 6.54 Å². The molecule has 1 aromatic rings. The highest BCUT2D eigenvalue weighted by molar-refractivity contribution is 9.10. The first-order valence-corrected chi connectivity index (χ1v) is 6.57. The predicted octanol–water partition coefficient (Wildman–Crippen LogP) is 3.83. The molecule has 1 nitrogen and oxygen atoms in total. The van der Waals surface area contributed by atoms with Crippen LogP contribution in [-0.2, 0) is 5.54 Å². The van der Waals surface area contributed by atoms with Gasteiger partial charge in [-0.2, -0.15) is 0 Å². The Kier molecular flexibility index (Phi) is 3.47. The molecular weight excluding hydrogens is 250 g/mol. The molecule has 1 aliphatic heterocycles. The van der Waals surface area contributed by atoms with Gasteiger partial charge in [-0.15, -0.1) is 0 Å². The molecule has 0 radical (unpaired) electrons. The molecule has 1 N–H and O–H groups in total. The summed E-state index contributed by atoms with van der Waals surface area (Å²) in [5.41, 5.74) is 1.65. The van der Waals surface area contributed by atoms with Crippen molar-refractivity contribution >= 4 is 15.9 Å². The van der Waals surface area contributed by atoms with Crippen molar-refractivity contribution in [3.8, 4) is 0 Å². The second-order valence-electron chi connectivity index (χ2n) is 4.33. The van der Waals surface area contributed by atoms with Crippen LogP contribution in [0.5, 0.6) is 0 Å². The van der Waals surface area contributed by atoms with Gasteiger partial charge in [-0.25, -0.2) is 0 Å². The minimum absolute atomic E-state index is 0.224. The first-order valence-electron chi connectivity index (χ1n) is 5.78. The first-order chi connectivity index (χ1) is 7.27. The zero-order valence-corrected chi connectivity index (χ0v) is 10.8. The van der Waals surface area contributed by atoms with E-state index in [0.29, 0.717) is 0 Å². The third-order valence-electron chi connectivity index (χ3n) is 3.47. The second kappa shape index (κ2) is 4.67. The van der Waals surface area contributed by atoms with Crippen LogP contribution in [0.25, 0.3) is 0 Å². The summed E-state index contributed by atoms with van der Waals surface area (Å²) in [7, 11) is 0. The highest BCUT2D eigenvalue weighted by Gasteiger charge is 2.31. The van der Waals surface area contributed by atoms with Crippen LogP contribution in [0.3, 0.4) is 0 Å². The van der Waals surface area contributed by atoms with Crippen LogP contribution in [0.1, 0.15) is 38.2 Å². The van der Waals surface area contributed by atoms with E-state index in [0.717, 1.165) is 6.54 Å². The van der Waals surface area contributed by atoms with Crippen molar-refractivity contribution < 1.29 is 0 Å². The monoisotopic (exact) mass is 267 g/mol. The molecule has 0 spiro atoms. The molecule has 1 atom stereocenters. The topological polar surface area (TPSA) is 12.0 Å². The Morgan fingerprint density at radius 3 is 2.87 bits per heavy atom. The van der Waals surface area contributed by atoms with Gasteiger partial charge in [0.15, 0.2) is 0 Å². The van der Waals surface area contributed by atoms with Crippen molar-refractivity contribution in [3.63, 3.8) is 0 Å². The maximum Gasteiger partial charge on any atom is 0.0432 e. The van der Waals surface area contributed by atoms with Gasteiger partial charge in [0.1, 0.15) is 0 Å². The maximum absolute atomic E-state index is 3.70. The summed E-state index contributed by atoms with van der Waals surface area (Å²) in [6.45, 7) is 3.43. The summed E-state index contributed by atoms with van der Waals surface area (Å²) in [5.74, 6) is 0. The molecule has 1 heterocycles. The van der Waals surface area contributed by atoms with Crippen LogP contribution in [0, 0.1) is 0 Å². The standard InChI is InChI=1S/C13H18BrN/c1-2-13(8-3-4-9-15-13)11-6-5-7-12(14)10-11/h5-7,10,15H,2-4,8-9H2,1H3. The van der Waals surface area contributed by atoms with E-state index in [1.807, 2.05) is 0 Å². The largest absolute Gasteiger partial charge is 0.307 e. The zero-order valence-electron chi connectivity index (χ0n) is 9.22. The Morgan fingerprint density at radius 2 is 2.27 bits per heavy atom. The molecule has 1 aromatic carbocycles. The van der Waals surface area contributed by atoms with Gasteiger partial charge in [-0.05, 0) is 43.5 Å². The molecule has 0 saturated carbocycles. The normalized spacial score (nSPS) is 26.5. The highest BCUT2D eigenvalue weighted by atomic mass is 79.9. The van der Waals surface area contributed by atoms with Gasteiger partial charge >= 0.3 is 0 Å². The Hall–Kier alpha value is -0.340. The quantitative estimate of drug-likeness (QED) is 0.859. The van der Waals surface area contributed by atoms with Crippen molar-refractivity contribution in [2.45, 2.75) is 38.1 Å². The molecule has 1 aliphatic rings. The Labute approximate surface area is 100 Å². The Morgan fingerprint density at radius 1 is 1.40 bits per heavy atom. The molecule has 0 aliphatic carbocycles. The van der Waals surface area contributed by atoms with E-state index < -0.39 is 0 Å². The Bertz CT molecular complexity index is 329. The van der Waals surface area contributed by atoms with Gasteiger partial charge < -0.3 is 5.32 Å². The van der Waals surface area contributed by atoms with E-state index in [9.17, 15) is 0 Å². The molecule has 0 amide bonds. The van der Waals surface area contributed by atoms with Crippen LogP contribution in [0.15, 0.2) is 28.7 Å². The average molecular weight is 268 g/mol. The van der Waals surface area contributed by atoms with E-state index in [2.05, 4.69) is 52.4 Å². The number of piperidine rings is 1. The van der Waals surface area contributed by atoms with Crippen LogP contribution < -0.4 is 5.32 Å². The molecule has 0 aromatic heterocycles. The van der Waals surface area contributed by atoms with Gasteiger partial charge in [0.05, 0.1) is 0 Å². The van der Waals surface area contributed by atoms with Crippen LogP contribution >= 0.6 is 15.9 Å². The molecule has 2 rings (SSSR count). The molecule has 0 bridgehead atoms. The molecule has 2 heteroatoms. The van der Waals surface area contributed by atoms with E-state index >= 15 is 0 Å². The van der Waals surface area contributed by atoms with Gasteiger partial charge in [0.25, 0.3) is 0 Å². The molecule has 1 saturated heterocycles. The lowest BCUT2D eigenvalue weighted by molar-refractivity contribution is 0.248. The fraction of sp³-hybridized carbons (Fsp3) is 0.538. The summed E-state index contributed by atoms with van der Waals surface area (Å²) in [4.78, 5) is 0. The van der Waals surface area contributed by atoms with Crippen molar-refractivity contribution in [1.29, 1.82) is 0 Å². The summed E-state index contributed by atoms with van der Waals surface area (Å²) in [6, 6.07) is 8.72. The zero-order chi connectivity index (χ0) is 10.7. The van der Waals surface area contributed by atoms with E-state index in [1.54, 1.807) is 0 Å². The van der Waals surface area contributed by atoms with Gasteiger partial charge in [-0.1, -0.05) is 41.4 Å². The number of hydrogen-bond donors (Lipinski definition) is 1. The number of nitrogens with one attached hydrogen (secondary N) is 1. The fourth-order valence-electron chi connectivity index (χ4n) is 2.51. The van der Waals surface area contributed by atoms with Crippen molar-refractivity contribution in [1.82, 2.24) is 5.32 Å². The molecule has 1 unspecified atom stereocenters. The average Bonchev–Trinajstić information content (AvgIpc) is 2.30. The first kappa shape index (κ1) is 11.2. The van der Waals surface area contributed by atoms with Crippen molar-refractivity contribution in [2.75, 3.05) is 6.54 Å². The third-order valence-corrected chi connectivity index (χ3v) is 3.97. The second-order valence-corrected chi connectivity index (χ2v) is 5.25. The van der Waals surface area contributed by atoms with Crippen molar-refractivity contribution in [3.05, 3.63) is 34.3 Å². The summed E-state index contributed by atoms with van der Waals surface area (Å²) < 4.78 is 1.18. The minimum atomic E-state index is 0.224. The minimum Gasteiger partial charge on any atom is -0.307 e. The smallest absolute Gasteiger partial charge is 0.0432 e. The third kappa shape index (κ3) is 2.26. The van der Waals surface area contributed by atoms with Gasteiger partial charge in [0, 0.05) is 10.0 Å². The number of rotatable bonds is 2. The van der Waals surface area contributed by atoms with Crippen LogP contribution in [0.2, 0.25) is 0 Å². The number of hydrogen-bond acceptors (Lipinski definition) is 1.